The third-order valence-electron chi connectivity index (χ3n) is 6.29. The van der Waals surface area contributed by atoms with Crippen LogP contribution in [-0.2, 0) is 18.4 Å². The van der Waals surface area contributed by atoms with Gasteiger partial charge in [-0.25, -0.2) is 4.98 Å². The Kier molecular flexibility index (Phi) is 5.51. The second-order valence-corrected chi connectivity index (χ2v) is 9.78. The van der Waals surface area contributed by atoms with Gasteiger partial charge in [0.1, 0.15) is 5.76 Å². The summed E-state index contributed by atoms with van der Waals surface area (Å²) < 4.78 is 6.34. The molecule has 0 amide bonds. The Labute approximate surface area is 190 Å². The first-order valence-corrected chi connectivity index (χ1v) is 11.5. The fourth-order valence-electron chi connectivity index (χ4n) is 4.45. The van der Waals surface area contributed by atoms with Gasteiger partial charge in [0.2, 0.25) is 0 Å². The topological polar surface area (TPSA) is 48.3 Å². The standard InChI is InChI=1S/C27H32N4O/c1-27(2,3)26-29-23(18-20-8-5-4-6-9-20)25(32-26)19-30-14-16-31(17-15-30)24-11-7-10-22-21(24)12-13-28-22/h4-13,28H,14-19H2,1-3H3. The molecule has 32 heavy (non-hydrogen) atoms. The number of hydrogen-bond acceptors (Lipinski definition) is 4. The van der Waals surface area contributed by atoms with Gasteiger partial charge >= 0.3 is 0 Å². The summed E-state index contributed by atoms with van der Waals surface area (Å²) >= 11 is 0. The number of aromatic amines is 1. The quantitative estimate of drug-likeness (QED) is 0.464. The lowest BCUT2D eigenvalue weighted by molar-refractivity contribution is 0.224. The van der Waals surface area contributed by atoms with Crippen LogP contribution in [0.5, 0.6) is 0 Å². The van der Waals surface area contributed by atoms with Crippen molar-refractivity contribution in [3.63, 3.8) is 0 Å². The van der Waals surface area contributed by atoms with Crippen LogP contribution in [0.25, 0.3) is 10.9 Å². The van der Waals surface area contributed by atoms with Crippen LogP contribution in [0.4, 0.5) is 5.69 Å². The maximum Gasteiger partial charge on any atom is 0.200 e. The van der Waals surface area contributed by atoms with E-state index in [4.69, 9.17) is 9.40 Å². The van der Waals surface area contributed by atoms with Crippen LogP contribution in [0, 0.1) is 0 Å². The summed E-state index contributed by atoms with van der Waals surface area (Å²) in [5.41, 5.74) is 4.76. The first kappa shape index (κ1) is 20.8. The van der Waals surface area contributed by atoms with E-state index in [9.17, 15) is 0 Å². The van der Waals surface area contributed by atoms with Crippen LogP contribution in [0.1, 0.15) is 43.7 Å². The summed E-state index contributed by atoms with van der Waals surface area (Å²) in [5, 5.41) is 1.30. The molecule has 0 unspecified atom stereocenters. The van der Waals surface area contributed by atoms with Crippen molar-refractivity contribution in [3.05, 3.63) is 83.7 Å². The summed E-state index contributed by atoms with van der Waals surface area (Å²) in [6, 6.07) is 19.2. The van der Waals surface area contributed by atoms with E-state index in [1.54, 1.807) is 0 Å². The second-order valence-electron chi connectivity index (χ2n) is 9.78. The smallest absolute Gasteiger partial charge is 0.200 e. The Hall–Kier alpha value is -3.05. The van der Waals surface area contributed by atoms with Gasteiger partial charge in [-0.3, -0.25) is 4.90 Å². The van der Waals surface area contributed by atoms with Crippen molar-refractivity contribution in [2.45, 2.75) is 39.2 Å². The van der Waals surface area contributed by atoms with E-state index in [1.165, 1.54) is 22.2 Å². The molecule has 5 nitrogen and oxygen atoms in total. The van der Waals surface area contributed by atoms with Gasteiger partial charge in [0.15, 0.2) is 5.89 Å². The molecule has 0 aliphatic carbocycles. The maximum atomic E-state index is 6.34. The van der Waals surface area contributed by atoms with Gasteiger partial charge in [-0.1, -0.05) is 57.2 Å². The Morgan fingerprint density at radius 3 is 2.47 bits per heavy atom. The number of benzene rings is 2. The molecule has 0 spiro atoms. The molecule has 0 bridgehead atoms. The molecule has 2 aromatic carbocycles. The number of piperazine rings is 1. The highest BCUT2D eigenvalue weighted by molar-refractivity contribution is 5.92. The van der Waals surface area contributed by atoms with E-state index in [1.807, 2.05) is 6.20 Å². The van der Waals surface area contributed by atoms with Crippen molar-refractivity contribution in [2.24, 2.45) is 0 Å². The number of rotatable bonds is 5. The van der Waals surface area contributed by atoms with Gasteiger partial charge in [-0.15, -0.1) is 0 Å². The minimum absolute atomic E-state index is 0.0996. The first-order valence-electron chi connectivity index (χ1n) is 11.5. The lowest BCUT2D eigenvalue weighted by Crippen LogP contribution is -2.46. The van der Waals surface area contributed by atoms with E-state index in [0.717, 1.165) is 56.5 Å². The monoisotopic (exact) mass is 428 g/mol. The number of H-pyrrole nitrogens is 1. The molecule has 1 aliphatic rings. The number of fused-ring (bicyclic) bond motifs is 1. The average molecular weight is 429 g/mol. The zero-order valence-corrected chi connectivity index (χ0v) is 19.3. The number of hydrogen-bond donors (Lipinski definition) is 1. The summed E-state index contributed by atoms with van der Waals surface area (Å²) in [7, 11) is 0. The van der Waals surface area contributed by atoms with Gasteiger partial charge < -0.3 is 14.3 Å². The van der Waals surface area contributed by atoms with Crippen molar-refractivity contribution in [2.75, 3.05) is 31.1 Å². The molecule has 1 N–H and O–H groups in total. The zero-order chi connectivity index (χ0) is 22.1. The summed E-state index contributed by atoms with van der Waals surface area (Å²) in [5.74, 6) is 1.84. The first-order chi connectivity index (χ1) is 15.5. The van der Waals surface area contributed by atoms with Crippen molar-refractivity contribution in [3.8, 4) is 0 Å². The predicted octanol–water partition coefficient (Wildman–Crippen LogP) is 5.37. The minimum atomic E-state index is -0.0996. The van der Waals surface area contributed by atoms with Gasteiger partial charge in [-0.05, 0) is 23.8 Å². The average Bonchev–Trinajstić information content (AvgIpc) is 3.42. The summed E-state index contributed by atoms with van der Waals surface area (Å²) in [6.07, 6.45) is 2.83. The number of anilines is 1. The molecule has 166 valence electrons. The van der Waals surface area contributed by atoms with Crippen molar-refractivity contribution >= 4 is 16.6 Å². The fourth-order valence-corrected chi connectivity index (χ4v) is 4.45. The highest BCUT2D eigenvalue weighted by atomic mass is 16.4. The van der Waals surface area contributed by atoms with Crippen molar-refractivity contribution in [1.29, 1.82) is 0 Å². The lowest BCUT2D eigenvalue weighted by Gasteiger charge is -2.36. The molecule has 2 aromatic heterocycles. The van der Waals surface area contributed by atoms with E-state index in [2.05, 4.69) is 90.2 Å². The molecular formula is C27H32N4O. The van der Waals surface area contributed by atoms with Gasteiger partial charge in [0.05, 0.1) is 12.2 Å². The minimum Gasteiger partial charge on any atom is -0.443 e. The van der Waals surface area contributed by atoms with Crippen LogP contribution in [0.15, 0.2) is 65.2 Å². The Morgan fingerprint density at radius 2 is 1.72 bits per heavy atom. The molecule has 0 saturated carbocycles. The molecule has 0 radical (unpaired) electrons. The molecule has 4 aromatic rings. The Bertz CT molecular complexity index is 1180. The molecule has 1 fully saturated rings. The van der Waals surface area contributed by atoms with E-state index < -0.39 is 0 Å². The van der Waals surface area contributed by atoms with Gasteiger partial charge in [-0.2, -0.15) is 0 Å². The van der Waals surface area contributed by atoms with E-state index in [-0.39, 0.29) is 5.41 Å². The van der Waals surface area contributed by atoms with Crippen molar-refractivity contribution in [1.82, 2.24) is 14.9 Å². The normalized spacial score (nSPS) is 15.5. The molecule has 3 heterocycles. The molecule has 1 aliphatic heterocycles. The van der Waals surface area contributed by atoms with Gasteiger partial charge in [0, 0.05) is 60.8 Å². The largest absolute Gasteiger partial charge is 0.443 e. The highest BCUT2D eigenvalue weighted by Crippen LogP contribution is 2.29. The molecule has 0 atom stereocenters. The number of aromatic nitrogens is 2. The molecular weight excluding hydrogens is 396 g/mol. The number of nitrogens with one attached hydrogen (secondary N) is 1. The summed E-state index contributed by atoms with van der Waals surface area (Å²) in [4.78, 5) is 13.2. The maximum absolute atomic E-state index is 6.34. The second kappa shape index (κ2) is 8.47. The van der Waals surface area contributed by atoms with Crippen LogP contribution in [0.3, 0.4) is 0 Å². The van der Waals surface area contributed by atoms with E-state index >= 15 is 0 Å². The third kappa shape index (κ3) is 4.30. The Morgan fingerprint density at radius 1 is 0.938 bits per heavy atom. The highest BCUT2D eigenvalue weighted by Gasteiger charge is 2.26. The lowest BCUT2D eigenvalue weighted by atomic mass is 9.97. The molecule has 5 rings (SSSR count). The third-order valence-corrected chi connectivity index (χ3v) is 6.29. The Balaban J connectivity index is 1.31. The zero-order valence-electron chi connectivity index (χ0n) is 19.3. The molecule has 5 heteroatoms. The van der Waals surface area contributed by atoms with Gasteiger partial charge in [0.25, 0.3) is 0 Å². The van der Waals surface area contributed by atoms with Crippen LogP contribution < -0.4 is 4.90 Å². The predicted molar refractivity (Wildman–Crippen MR) is 130 cm³/mol. The van der Waals surface area contributed by atoms with Crippen molar-refractivity contribution < 1.29 is 4.42 Å². The SMILES string of the molecule is CC(C)(C)c1nc(Cc2ccccc2)c(CN2CCN(c3cccc4[nH]ccc34)CC2)o1. The van der Waals surface area contributed by atoms with Crippen LogP contribution in [-0.4, -0.2) is 41.0 Å². The van der Waals surface area contributed by atoms with Crippen LogP contribution in [0.2, 0.25) is 0 Å². The molecule has 1 saturated heterocycles. The van der Waals surface area contributed by atoms with Crippen LogP contribution >= 0.6 is 0 Å². The van der Waals surface area contributed by atoms with E-state index in [0.29, 0.717) is 0 Å². The summed E-state index contributed by atoms with van der Waals surface area (Å²) in [6.45, 7) is 11.3. The number of nitrogens with zero attached hydrogens (tertiary/aromatic N) is 3. The number of oxazole rings is 1. The fraction of sp³-hybridized carbons (Fsp3) is 0.370.